The number of anilines is 1. The number of carbonyl (C=O) groups is 1. The van der Waals surface area contributed by atoms with Crippen molar-refractivity contribution in [1.29, 1.82) is 0 Å². The maximum Gasteiger partial charge on any atom is 0.246 e. The van der Waals surface area contributed by atoms with Gasteiger partial charge in [0.25, 0.3) is 0 Å². The number of likely N-dealkylation sites (N-methyl/N-ethyl adjacent to an activating group) is 1. The summed E-state index contributed by atoms with van der Waals surface area (Å²) in [6.07, 6.45) is 3.22. The molecule has 0 aromatic heterocycles. The summed E-state index contributed by atoms with van der Waals surface area (Å²) in [5.41, 5.74) is 7.94. The summed E-state index contributed by atoms with van der Waals surface area (Å²) in [7, 11) is 1.68. The Labute approximate surface area is 123 Å². The standard InChI is InChI=1S/C17H17FN2O/c1-20(12-14-3-2-4-15(18)11-14)17(21)10-7-13-5-8-16(19)9-6-13/h2-11H,12,19H2,1H3/b10-7+. The van der Waals surface area contributed by atoms with E-state index in [1.165, 1.54) is 23.1 Å². The van der Waals surface area contributed by atoms with Crippen LogP contribution in [-0.4, -0.2) is 17.9 Å². The normalized spacial score (nSPS) is 10.8. The number of carbonyl (C=O) groups excluding carboxylic acids is 1. The Balaban J connectivity index is 1.97. The molecule has 0 fully saturated rings. The van der Waals surface area contributed by atoms with Gasteiger partial charge in [0.15, 0.2) is 0 Å². The van der Waals surface area contributed by atoms with Gasteiger partial charge < -0.3 is 10.6 Å². The fraction of sp³-hybridized carbons (Fsp3) is 0.118. The Morgan fingerprint density at radius 2 is 1.95 bits per heavy atom. The molecule has 0 unspecified atom stereocenters. The Hall–Kier alpha value is -2.62. The Morgan fingerprint density at radius 3 is 2.62 bits per heavy atom. The zero-order valence-corrected chi connectivity index (χ0v) is 11.8. The van der Waals surface area contributed by atoms with Crippen molar-refractivity contribution in [2.75, 3.05) is 12.8 Å². The summed E-state index contributed by atoms with van der Waals surface area (Å²) < 4.78 is 13.1. The molecule has 0 aliphatic rings. The molecular formula is C17H17FN2O. The Bertz CT molecular complexity index is 650. The van der Waals surface area contributed by atoms with Gasteiger partial charge in [-0.2, -0.15) is 0 Å². The van der Waals surface area contributed by atoms with Crippen LogP contribution >= 0.6 is 0 Å². The summed E-state index contributed by atoms with van der Waals surface area (Å²) in [5, 5.41) is 0. The molecule has 2 aromatic rings. The van der Waals surface area contributed by atoms with Crippen molar-refractivity contribution < 1.29 is 9.18 Å². The minimum absolute atomic E-state index is 0.143. The number of benzene rings is 2. The van der Waals surface area contributed by atoms with E-state index in [0.29, 0.717) is 12.2 Å². The van der Waals surface area contributed by atoms with Crippen molar-refractivity contribution in [1.82, 2.24) is 4.90 Å². The van der Waals surface area contributed by atoms with E-state index >= 15 is 0 Å². The first kappa shape index (κ1) is 14.8. The lowest BCUT2D eigenvalue weighted by atomic mass is 10.2. The predicted molar refractivity (Wildman–Crippen MR) is 82.8 cm³/mol. The molecule has 0 aliphatic carbocycles. The van der Waals surface area contributed by atoms with E-state index < -0.39 is 0 Å². The fourth-order valence-electron chi connectivity index (χ4n) is 1.89. The van der Waals surface area contributed by atoms with Crippen molar-refractivity contribution in [3.05, 3.63) is 71.6 Å². The van der Waals surface area contributed by atoms with Crippen molar-refractivity contribution in [3.63, 3.8) is 0 Å². The molecule has 0 saturated carbocycles. The predicted octanol–water partition coefficient (Wildman–Crippen LogP) is 3.08. The maximum absolute atomic E-state index is 13.1. The first-order valence-electron chi connectivity index (χ1n) is 6.58. The number of nitrogen functional groups attached to an aromatic ring is 1. The molecule has 0 saturated heterocycles. The van der Waals surface area contributed by atoms with Crippen LogP contribution in [0, 0.1) is 5.82 Å². The summed E-state index contributed by atoms with van der Waals surface area (Å²) in [6, 6.07) is 13.5. The van der Waals surface area contributed by atoms with E-state index in [-0.39, 0.29) is 11.7 Å². The molecule has 21 heavy (non-hydrogen) atoms. The van der Waals surface area contributed by atoms with Crippen molar-refractivity contribution in [3.8, 4) is 0 Å². The largest absolute Gasteiger partial charge is 0.399 e. The van der Waals surface area contributed by atoms with Gasteiger partial charge in [-0.3, -0.25) is 4.79 Å². The van der Waals surface area contributed by atoms with Crippen molar-refractivity contribution >= 4 is 17.7 Å². The highest BCUT2D eigenvalue weighted by atomic mass is 19.1. The number of rotatable bonds is 4. The number of nitrogens with zero attached hydrogens (tertiary/aromatic N) is 1. The lowest BCUT2D eigenvalue weighted by molar-refractivity contribution is -0.125. The van der Waals surface area contributed by atoms with Crippen LogP contribution in [0.25, 0.3) is 6.08 Å². The third-order valence-corrected chi connectivity index (χ3v) is 3.04. The second-order valence-corrected chi connectivity index (χ2v) is 4.82. The third-order valence-electron chi connectivity index (χ3n) is 3.04. The lowest BCUT2D eigenvalue weighted by Crippen LogP contribution is -2.24. The van der Waals surface area contributed by atoms with Gasteiger partial charge in [0.2, 0.25) is 5.91 Å². The van der Waals surface area contributed by atoms with Crippen molar-refractivity contribution in [2.24, 2.45) is 0 Å². The molecule has 4 heteroatoms. The molecule has 0 bridgehead atoms. The second kappa shape index (κ2) is 6.70. The van der Waals surface area contributed by atoms with Crippen LogP contribution < -0.4 is 5.73 Å². The SMILES string of the molecule is CN(Cc1cccc(F)c1)C(=O)/C=C/c1ccc(N)cc1. The van der Waals surface area contributed by atoms with Crippen LogP contribution in [0.15, 0.2) is 54.6 Å². The zero-order valence-electron chi connectivity index (χ0n) is 11.8. The average molecular weight is 284 g/mol. The summed E-state index contributed by atoms with van der Waals surface area (Å²) in [4.78, 5) is 13.5. The van der Waals surface area contributed by atoms with E-state index in [2.05, 4.69) is 0 Å². The molecule has 2 rings (SSSR count). The maximum atomic E-state index is 13.1. The Morgan fingerprint density at radius 1 is 1.24 bits per heavy atom. The topological polar surface area (TPSA) is 46.3 Å². The van der Waals surface area contributed by atoms with Crippen LogP contribution in [0.1, 0.15) is 11.1 Å². The highest BCUT2D eigenvalue weighted by Crippen LogP contribution is 2.09. The van der Waals surface area contributed by atoms with Gasteiger partial charge in [-0.15, -0.1) is 0 Å². The van der Waals surface area contributed by atoms with Gasteiger partial charge in [0.1, 0.15) is 5.82 Å². The van der Waals surface area contributed by atoms with Crippen LogP contribution in [0.3, 0.4) is 0 Å². The molecule has 108 valence electrons. The van der Waals surface area contributed by atoms with Gasteiger partial charge >= 0.3 is 0 Å². The number of hydrogen-bond donors (Lipinski definition) is 1. The molecule has 0 spiro atoms. The molecule has 0 heterocycles. The highest BCUT2D eigenvalue weighted by Gasteiger charge is 2.06. The van der Waals surface area contributed by atoms with Gasteiger partial charge in [0, 0.05) is 25.4 Å². The quantitative estimate of drug-likeness (QED) is 0.692. The molecular weight excluding hydrogens is 267 g/mol. The van der Waals surface area contributed by atoms with Crippen LogP contribution in [0.4, 0.5) is 10.1 Å². The third kappa shape index (κ3) is 4.45. The highest BCUT2D eigenvalue weighted by molar-refractivity contribution is 5.91. The molecule has 3 nitrogen and oxygen atoms in total. The summed E-state index contributed by atoms with van der Waals surface area (Å²) >= 11 is 0. The van der Waals surface area contributed by atoms with Crippen LogP contribution in [0.5, 0.6) is 0 Å². The molecule has 2 aromatic carbocycles. The van der Waals surface area contributed by atoms with Crippen LogP contribution in [-0.2, 0) is 11.3 Å². The molecule has 0 aliphatic heterocycles. The van der Waals surface area contributed by atoms with E-state index in [1.54, 1.807) is 37.4 Å². The van der Waals surface area contributed by atoms with Gasteiger partial charge in [-0.1, -0.05) is 24.3 Å². The average Bonchev–Trinajstić information content (AvgIpc) is 2.46. The monoisotopic (exact) mass is 284 g/mol. The first-order valence-corrected chi connectivity index (χ1v) is 6.58. The van der Waals surface area contributed by atoms with Gasteiger partial charge in [-0.05, 0) is 41.5 Å². The van der Waals surface area contributed by atoms with E-state index in [1.807, 2.05) is 12.1 Å². The summed E-state index contributed by atoms with van der Waals surface area (Å²) in [6.45, 7) is 0.364. The van der Waals surface area contributed by atoms with E-state index in [0.717, 1.165) is 11.1 Å². The lowest BCUT2D eigenvalue weighted by Gasteiger charge is -2.15. The second-order valence-electron chi connectivity index (χ2n) is 4.82. The molecule has 0 atom stereocenters. The van der Waals surface area contributed by atoms with E-state index in [4.69, 9.17) is 5.73 Å². The number of halogens is 1. The Kier molecular flexibility index (Phi) is 4.72. The minimum atomic E-state index is -0.300. The van der Waals surface area contributed by atoms with Crippen LogP contribution in [0.2, 0.25) is 0 Å². The molecule has 1 amide bonds. The minimum Gasteiger partial charge on any atom is -0.399 e. The number of hydrogen-bond acceptors (Lipinski definition) is 2. The van der Waals surface area contributed by atoms with Crippen molar-refractivity contribution in [2.45, 2.75) is 6.54 Å². The smallest absolute Gasteiger partial charge is 0.246 e. The van der Waals surface area contributed by atoms with E-state index in [9.17, 15) is 9.18 Å². The molecule has 2 N–H and O–H groups in total. The summed E-state index contributed by atoms with van der Waals surface area (Å²) in [5.74, 6) is -0.443. The first-order chi connectivity index (χ1) is 10.0. The fourth-order valence-corrected chi connectivity index (χ4v) is 1.89. The zero-order chi connectivity index (χ0) is 15.2. The van der Waals surface area contributed by atoms with Gasteiger partial charge in [0.05, 0.1) is 0 Å². The number of nitrogens with two attached hydrogens (primary N) is 1. The molecule has 0 radical (unpaired) electrons. The van der Waals surface area contributed by atoms with Gasteiger partial charge in [-0.25, -0.2) is 4.39 Å². The number of amides is 1.